The van der Waals surface area contributed by atoms with Crippen LogP contribution in [0.1, 0.15) is 66.1 Å². The fraction of sp³-hybridized carbons (Fsp3) is 0.112. The molecule has 0 spiro atoms. The molecule has 0 heterocycles. The van der Waals surface area contributed by atoms with Crippen molar-refractivity contribution < 1.29 is 24.6 Å². The molecule has 14 aromatic carbocycles. The monoisotopic (exact) mass is 2040 g/mol. The van der Waals surface area contributed by atoms with Crippen LogP contribution >= 0.6 is 178 Å². The number of hydrogen-bond donors (Lipinski definition) is 11. The van der Waals surface area contributed by atoms with Gasteiger partial charge in [-0.05, 0) is 167 Å². The van der Waals surface area contributed by atoms with Crippen LogP contribution in [0.4, 0.5) is 79.6 Å². The molecule has 12 N–H and O–H groups in total. The van der Waals surface area contributed by atoms with Gasteiger partial charge >= 0.3 is 5.97 Å². The molecule has 0 unspecified atom stereocenters. The molecular formula is C98H86BrCl14N9O5. The Hall–Kier alpha value is -9.25. The van der Waals surface area contributed by atoms with Crippen LogP contribution in [0, 0.1) is 0 Å². The van der Waals surface area contributed by atoms with Gasteiger partial charge in [-0.25, -0.2) is 0 Å². The van der Waals surface area contributed by atoms with Crippen molar-refractivity contribution in [3.63, 3.8) is 0 Å². The number of ketones is 1. The predicted molar refractivity (Wildman–Crippen MR) is 547 cm³/mol. The number of anilines is 14. The highest BCUT2D eigenvalue weighted by molar-refractivity contribution is 9.08. The molecule has 14 aromatic rings. The molecule has 29 heteroatoms. The van der Waals surface area contributed by atoms with Crippen LogP contribution in [0.2, 0.25) is 70.3 Å². The standard InChI is InChI=1S/C16H15Cl2NO.C15H14Cl2N2O.C14H11Cl2NO2.C14H13Cl2N.C13H10BrCl2N.C13H12Cl2N2.C13H11Cl2NO/c1-2-12(20)10-11-6-3-4-9-15(11)19-16-13(17)7-5-8-14(16)18;1-10(20)18-9-11-5-2-3-8-14(11)19-15-12(16)6-4-7-13(15)17;15-10-5-3-6-11(16)14(10)17-12-7-2-1-4-9(12)8-13(18)19;1-2-10-6-3-4-9-13(10)17-14-11(15)7-5-8-12(14)16;14-8-9-4-1-2-7-12(9)17-13-10(15)5-3-6-11(13)16;14-10-5-3-6-11(15)13(10)17-12-7-2-1-4-9(12)8-16;14-10-5-3-6-11(15)13(10)16-12-7-2-1-4-9(12)8-17/h3-9,19H,2,10H2,1H3;2-8,19H,9H2,1H3,(H,18,20);1-7,17H,8H2,(H,18,19);3-9,17H,2H2,1H3;1-7,17H,8H2;1-7,17H,8,16H2;1-7,16-17H,8H2. The molecule has 0 aliphatic carbocycles. The zero-order valence-corrected chi connectivity index (χ0v) is 80.5. The second-order valence-corrected chi connectivity index (χ2v) is 33.3. The highest BCUT2D eigenvalue weighted by Gasteiger charge is 2.17. The number of rotatable bonds is 25. The molecule has 658 valence electrons. The lowest BCUT2D eigenvalue weighted by Crippen LogP contribution is -2.19. The molecule has 0 radical (unpaired) electrons. The molecule has 0 aromatic heterocycles. The van der Waals surface area contributed by atoms with Crippen LogP contribution in [-0.2, 0) is 58.7 Å². The molecule has 127 heavy (non-hydrogen) atoms. The zero-order valence-electron chi connectivity index (χ0n) is 68.3. The number of nitrogens with two attached hydrogens (primary N) is 1. The molecule has 0 aliphatic heterocycles. The van der Waals surface area contributed by atoms with E-state index in [1.165, 1.54) is 12.5 Å². The molecule has 0 aliphatic rings. The maximum atomic E-state index is 11.6. The molecule has 1 amide bonds. The van der Waals surface area contributed by atoms with Gasteiger partial charge in [0.1, 0.15) is 5.78 Å². The van der Waals surface area contributed by atoms with Crippen molar-refractivity contribution in [2.24, 2.45) is 5.73 Å². The largest absolute Gasteiger partial charge is 0.481 e. The Morgan fingerprint density at radius 3 is 0.756 bits per heavy atom. The van der Waals surface area contributed by atoms with Gasteiger partial charge in [-0.2, -0.15) is 0 Å². The fourth-order valence-electron chi connectivity index (χ4n) is 11.7. The lowest BCUT2D eigenvalue weighted by Gasteiger charge is -2.14. The minimum Gasteiger partial charge on any atom is -0.481 e. The quantitative estimate of drug-likeness (QED) is 0.0241. The Labute approximate surface area is 818 Å². The van der Waals surface area contributed by atoms with Gasteiger partial charge in [0.25, 0.3) is 0 Å². The van der Waals surface area contributed by atoms with E-state index >= 15 is 0 Å². The Kier molecular flexibility index (Phi) is 44.1. The maximum Gasteiger partial charge on any atom is 0.307 e. The van der Waals surface area contributed by atoms with Crippen molar-refractivity contribution in [2.75, 3.05) is 37.2 Å². The number of aryl methyl sites for hydroxylation is 1. The fourth-order valence-corrected chi connectivity index (χ4v) is 15.6. The maximum absolute atomic E-state index is 11.6. The van der Waals surface area contributed by atoms with Gasteiger partial charge in [-0.1, -0.05) is 362 Å². The van der Waals surface area contributed by atoms with E-state index < -0.39 is 5.97 Å². The summed E-state index contributed by atoms with van der Waals surface area (Å²) in [6, 6.07) is 91.4. The Morgan fingerprint density at radius 2 is 0.504 bits per heavy atom. The van der Waals surface area contributed by atoms with E-state index in [0.717, 1.165) is 85.1 Å². The number of carbonyl (C=O) groups is 3. The first kappa shape index (κ1) is 103. The van der Waals surface area contributed by atoms with Gasteiger partial charge in [0.05, 0.1) is 123 Å². The first-order chi connectivity index (χ1) is 61.1. The number of carboxylic acid groups (broad SMARTS) is 1. The number of carboxylic acids is 1. The molecular weight excluding hydrogens is 1960 g/mol. The predicted octanol–water partition coefficient (Wildman–Crippen LogP) is 33.4. The molecule has 0 bridgehead atoms. The summed E-state index contributed by atoms with van der Waals surface area (Å²) in [5, 5.41) is 52.0. The number of aliphatic hydroxyl groups is 1. The summed E-state index contributed by atoms with van der Waals surface area (Å²) in [4.78, 5) is 33.5. The molecule has 14 rings (SSSR count). The summed E-state index contributed by atoms with van der Waals surface area (Å²) >= 11 is 89.0. The number of halogens is 15. The second-order valence-electron chi connectivity index (χ2n) is 27.1. The van der Waals surface area contributed by atoms with Crippen molar-refractivity contribution in [2.45, 2.75) is 71.5 Å². The highest BCUT2D eigenvalue weighted by atomic mass is 79.9. The van der Waals surface area contributed by atoms with E-state index in [1.54, 1.807) is 103 Å². The molecule has 14 nitrogen and oxygen atoms in total. The summed E-state index contributed by atoms with van der Waals surface area (Å²) in [5.74, 6) is -0.764. The Bertz CT molecular complexity index is 5470. The van der Waals surface area contributed by atoms with Crippen molar-refractivity contribution in [1.82, 2.24) is 5.32 Å². The average molecular weight is 2050 g/mol. The van der Waals surface area contributed by atoms with Crippen LogP contribution in [0.3, 0.4) is 0 Å². The minimum atomic E-state index is -0.889. The summed E-state index contributed by atoms with van der Waals surface area (Å²) in [5.41, 5.74) is 23.4. The molecule has 0 saturated carbocycles. The smallest absolute Gasteiger partial charge is 0.307 e. The Morgan fingerprint density at radius 1 is 0.291 bits per heavy atom. The summed E-state index contributed by atoms with van der Waals surface area (Å²) < 4.78 is 0. The van der Waals surface area contributed by atoms with E-state index in [2.05, 4.69) is 71.5 Å². The van der Waals surface area contributed by atoms with E-state index in [-0.39, 0.29) is 24.7 Å². The summed E-state index contributed by atoms with van der Waals surface area (Å²) in [6.45, 7) is 6.34. The molecule has 0 saturated heterocycles. The number of hydrogen-bond acceptors (Lipinski definition) is 12. The van der Waals surface area contributed by atoms with E-state index in [0.29, 0.717) is 136 Å². The normalized spacial score (nSPS) is 10.3. The number of para-hydroxylation sites is 14. The number of aliphatic hydroxyl groups excluding tert-OH is 1. The molecule has 0 fully saturated rings. The third-order valence-corrected chi connectivity index (χ3v) is 23.3. The average Bonchev–Trinajstić information content (AvgIpc) is 0.859. The van der Waals surface area contributed by atoms with Crippen molar-refractivity contribution >= 4 is 276 Å². The number of amides is 1. The summed E-state index contributed by atoms with van der Waals surface area (Å²) in [6.07, 6.45) is 1.83. The second kappa shape index (κ2) is 54.3. The Balaban J connectivity index is 0.000000183. The number of carbonyl (C=O) groups excluding carboxylic acids is 2. The lowest BCUT2D eigenvalue weighted by molar-refractivity contribution is -0.136. The third-order valence-electron chi connectivity index (χ3n) is 18.2. The van der Waals surface area contributed by atoms with Gasteiger partial charge < -0.3 is 58.5 Å². The van der Waals surface area contributed by atoms with Crippen molar-refractivity contribution in [1.29, 1.82) is 0 Å². The topological polar surface area (TPSA) is 214 Å². The van der Waals surface area contributed by atoms with Crippen LogP contribution in [0.25, 0.3) is 0 Å². The van der Waals surface area contributed by atoms with Gasteiger partial charge in [0, 0.05) is 83.6 Å². The van der Waals surface area contributed by atoms with Gasteiger partial charge in [-0.3, -0.25) is 14.4 Å². The van der Waals surface area contributed by atoms with E-state index in [9.17, 15) is 19.5 Å². The van der Waals surface area contributed by atoms with E-state index in [1.807, 2.05) is 195 Å². The van der Waals surface area contributed by atoms with Crippen LogP contribution in [0.5, 0.6) is 0 Å². The zero-order chi connectivity index (χ0) is 91.9. The third kappa shape index (κ3) is 32.7. The summed E-state index contributed by atoms with van der Waals surface area (Å²) in [7, 11) is 0. The van der Waals surface area contributed by atoms with Crippen LogP contribution < -0.4 is 48.3 Å². The van der Waals surface area contributed by atoms with Crippen molar-refractivity contribution in [3.05, 3.63) is 407 Å². The SMILES string of the molecule is CC(=O)NCc1ccccc1Nc1c(Cl)cccc1Cl.CCC(=O)Cc1ccccc1Nc1c(Cl)cccc1Cl.CCc1ccccc1Nc1c(Cl)cccc1Cl.Clc1cccc(Cl)c1Nc1ccccc1CBr.NCc1ccccc1Nc1c(Cl)cccc1Cl.O=C(O)Cc1ccccc1Nc1c(Cl)cccc1Cl.OCc1ccccc1Nc1c(Cl)cccc1Cl. The first-order valence-electron chi connectivity index (χ1n) is 39.0. The number of nitrogens with one attached hydrogen (secondary N) is 8. The van der Waals surface area contributed by atoms with Gasteiger partial charge in [0.15, 0.2) is 0 Å². The lowest BCUT2D eigenvalue weighted by atomic mass is 10.1. The van der Waals surface area contributed by atoms with Gasteiger partial charge in [0.2, 0.25) is 5.91 Å². The molecule has 0 atom stereocenters. The van der Waals surface area contributed by atoms with E-state index in [4.69, 9.17) is 173 Å². The minimum absolute atomic E-state index is 0.0365. The van der Waals surface area contributed by atoms with Crippen LogP contribution in [0.15, 0.2) is 297 Å². The number of benzene rings is 14. The van der Waals surface area contributed by atoms with Crippen molar-refractivity contribution in [3.8, 4) is 0 Å². The number of alkyl halides is 1. The number of Topliss-reactive ketones (excluding diaryl/α,β-unsaturated/α-hetero) is 1. The highest BCUT2D eigenvalue weighted by Crippen LogP contribution is 2.41. The van der Waals surface area contributed by atoms with Crippen LogP contribution in [-0.4, -0.2) is 27.9 Å². The number of aliphatic carboxylic acids is 1. The first-order valence-corrected chi connectivity index (χ1v) is 45.4. The van der Waals surface area contributed by atoms with Gasteiger partial charge in [-0.15, -0.1) is 0 Å².